The SMILES string of the molecule is Cc1ccc(CNc2ccccc2N[C@@H](CO)Cc2ccc(C)cc2)cc1. The van der Waals surface area contributed by atoms with Crippen molar-refractivity contribution in [3.63, 3.8) is 0 Å². The van der Waals surface area contributed by atoms with Gasteiger partial charge in [0.15, 0.2) is 0 Å². The van der Waals surface area contributed by atoms with E-state index < -0.39 is 0 Å². The molecular formula is C24H28N2O. The largest absolute Gasteiger partial charge is 0.394 e. The first kappa shape index (κ1) is 19.0. The van der Waals surface area contributed by atoms with Crippen molar-refractivity contribution in [1.29, 1.82) is 0 Å². The molecule has 0 aromatic heterocycles. The van der Waals surface area contributed by atoms with Crippen molar-refractivity contribution in [3.8, 4) is 0 Å². The minimum absolute atomic E-state index is 0.0324. The number of rotatable bonds is 8. The van der Waals surface area contributed by atoms with Gasteiger partial charge in [-0.3, -0.25) is 0 Å². The maximum absolute atomic E-state index is 9.85. The summed E-state index contributed by atoms with van der Waals surface area (Å²) in [5.41, 5.74) is 7.03. The molecule has 140 valence electrons. The van der Waals surface area contributed by atoms with Gasteiger partial charge in [-0.1, -0.05) is 71.8 Å². The standard InChI is InChI=1S/C24H28N2O/c1-18-7-11-20(12-8-18)15-22(17-27)26-24-6-4-3-5-23(24)25-16-21-13-9-19(2)10-14-21/h3-14,22,25-27H,15-17H2,1-2H3/t22-/m1/s1. The molecule has 3 N–H and O–H groups in total. The Morgan fingerprint density at radius 2 is 1.30 bits per heavy atom. The zero-order chi connectivity index (χ0) is 19.1. The van der Waals surface area contributed by atoms with E-state index in [9.17, 15) is 5.11 Å². The molecule has 0 aliphatic rings. The van der Waals surface area contributed by atoms with E-state index in [0.717, 1.165) is 24.3 Å². The lowest BCUT2D eigenvalue weighted by Gasteiger charge is -2.21. The van der Waals surface area contributed by atoms with E-state index in [4.69, 9.17) is 0 Å². The van der Waals surface area contributed by atoms with E-state index in [0.29, 0.717) is 0 Å². The molecule has 3 heteroatoms. The summed E-state index contributed by atoms with van der Waals surface area (Å²) < 4.78 is 0. The van der Waals surface area contributed by atoms with E-state index in [1.165, 1.54) is 22.3 Å². The van der Waals surface area contributed by atoms with Gasteiger partial charge in [-0.05, 0) is 43.5 Å². The monoisotopic (exact) mass is 360 g/mol. The topological polar surface area (TPSA) is 44.3 Å². The van der Waals surface area contributed by atoms with Crippen LogP contribution in [0.5, 0.6) is 0 Å². The third-order valence-electron chi connectivity index (χ3n) is 4.71. The molecule has 0 unspecified atom stereocenters. The zero-order valence-electron chi connectivity index (χ0n) is 16.1. The summed E-state index contributed by atoms with van der Waals surface area (Å²) in [6, 6.07) is 25.1. The van der Waals surface area contributed by atoms with E-state index in [1.54, 1.807) is 0 Å². The third-order valence-corrected chi connectivity index (χ3v) is 4.71. The normalized spacial score (nSPS) is 11.8. The Morgan fingerprint density at radius 1 is 0.741 bits per heavy atom. The fourth-order valence-corrected chi connectivity index (χ4v) is 3.06. The molecule has 0 amide bonds. The number of aliphatic hydroxyl groups is 1. The Morgan fingerprint density at radius 3 is 1.89 bits per heavy atom. The van der Waals surface area contributed by atoms with Crippen LogP contribution in [0.4, 0.5) is 11.4 Å². The van der Waals surface area contributed by atoms with Crippen LogP contribution >= 0.6 is 0 Å². The predicted molar refractivity (Wildman–Crippen MR) is 114 cm³/mol. The fourth-order valence-electron chi connectivity index (χ4n) is 3.06. The van der Waals surface area contributed by atoms with Crippen molar-refractivity contribution in [3.05, 3.63) is 95.1 Å². The summed E-state index contributed by atoms with van der Waals surface area (Å²) in [6.45, 7) is 5.03. The first-order chi connectivity index (χ1) is 13.1. The number of aliphatic hydroxyl groups excluding tert-OH is 1. The number of aryl methyl sites for hydroxylation is 2. The van der Waals surface area contributed by atoms with Gasteiger partial charge in [0.1, 0.15) is 0 Å². The fraction of sp³-hybridized carbons (Fsp3) is 0.250. The highest BCUT2D eigenvalue weighted by atomic mass is 16.3. The van der Waals surface area contributed by atoms with Gasteiger partial charge in [0.2, 0.25) is 0 Å². The van der Waals surface area contributed by atoms with Crippen LogP contribution < -0.4 is 10.6 Å². The van der Waals surface area contributed by atoms with Crippen LogP contribution in [0.2, 0.25) is 0 Å². The number of para-hydroxylation sites is 2. The molecule has 0 heterocycles. The molecule has 0 aliphatic heterocycles. The molecular weight excluding hydrogens is 332 g/mol. The highest BCUT2D eigenvalue weighted by Gasteiger charge is 2.11. The molecule has 27 heavy (non-hydrogen) atoms. The van der Waals surface area contributed by atoms with Crippen LogP contribution in [0.15, 0.2) is 72.8 Å². The van der Waals surface area contributed by atoms with Gasteiger partial charge < -0.3 is 15.7 Å². The molecule has 3 aromatic carbocycles. The molecule has 0 saturated heterocycles. The highest BCUT2D eigenvalue weighted by molar-refractivity contribution is 5.69. The van der Waals surface area contributed by atoms with Gasteiger partial charge in [-0.2, -0.15) is 0 Å². The summed E-state index contributed by atoms with van der Waals surface area (Å²) in [6.07, 6.45) is 0.781. The first-order valence-corrected chi connectivity index (χ1v) is 9.45. The molecule has 3 aromatic rings. The Labute approximate surface area is 162 Å². The number of nitrogens with one attached hydrogen (secondary N) is 2. The zero-order valence-corrected chi connectivity index (χ0v) is 16.1. The van der Waals surface area contributed by atoms with Crippen molar-refractivity contribution in [2.45, 2.75) is 32.9 Å². The predicted octanol–water partition coefficient (Wildman–Crippen LogP) is 4.93. The maximum atomic E-state index is 9.85. The van der Waals surface area contributed by atoms with Crippen LogP contribution in [0, 0.1) is 13.8 Å². The minimum Gasteiger partial charge on any atom is -0.394 e. The third kappa shape index (κ3) is 5.60. The Bertz CT molecular complexity index is 841. The summed E-state index contributed by atoms with van der Waals surface area (Å²) in [4.78, 5) is 0. The molecule has 0 radical (unpaired) electrons. The molecule has 3 nitrogen and oxygen atoms in total. The second-order valence-electron chi connectivity index (χ2n) is 7.10. The van der Waals surface area contributed by atoms with Gasteiger partial charge in [-0.15, -0.1) is 0 Å². The molecule has 1 atom stereocenters. The Hall–Kier alpha value is -2.78. The number of anilines is 2. The van der Waals surface area contributed by atoms with Crippen molar-refractivity contribution in [1.82, 2.24) is 0 Å². The lowest BCUT2D eigenvalue weighted by Crippen LogP contribution is -2.26. The van der Waals surface area contributed by atoms with Crippen LogP contribution in [0.25, 0.3) is 0 Å². The summed E-state index contributed by atoms with van der Waals surface area (Å²) in [5, 5.41) is 16.8. The molecule has 0 aliphatic carbocycles. The van der Waals surface area contributed by atoms with Crippen LogP contribution in [-0.2, 0) is 13.0 Å². The lowest BCUT2D eigenvalue weighted by molar-refractivity contribution is 0.274. The number of benzene rings is 3. The van der Waals surface area contributed by atoms with Gasteiger partial charge in [-0.25, -0.2) is 0 Å². The molecule has 0 fully saturated rings. The first-order valence-electron chi connectivity index (χ1n) is 9.45. The van der Waals surface area contributed by atoms with Gasteiger partial charge in [0.05, 0.1) is 24.0 Å². The second kappa shape index (κ2) is 9.24. The number of hydrogen-bond donors (Lipinski definition) is 3. The van der Waals surface area contributed by atoms with E-state index in [1.807, 2.05) is 12.1 Å². The molecule has 0 bridgehead atoms. The van der Waals surface area contributed by atoms with Gasteiger partial charge in [0, 0.05) is 6.54 Å². The van der Waals surface area contributed by atoms with E-state index >= 15 is 0 Å². The summed E-state index contributed by atoms with van der Waals surface area (Å²) in [5.74, 6) is 0. The molecule has 0 saturated carbocycles. The molecule has 0 spiro atoms. The summed E-state index contributed by atoms with van der Waals surface area (Å²) >= 11 is 0. The van der Waals surface area contributed by atoms with Crippen LogP contribution in [0.1, 0.15) is 22.3 Å². The smallest absolute Gasteiger partial charge is 0.0636 e. The van der Waals surface area contributed by atoms with Crippen molar-refractivity contribution in [2.75, 3.05) is 17.2 Å². The number of hydrogen-bond acceptors (Lipinski definition) is 3. The molecule has 3 rings (SSSR count). The van der Waals surface area contributed by atoms with Crippen molar-refractivity contribution in [2.24, 2.45) is 0 Å². The quantitative estimate of drug-likeness (QED) is 0.534. The van der Waals surface area contributed by atoms with Crippen molar-refractivity contribution < 1.29 is 5.11 Å². The summed E-state index contributed by atoms with van der Waals surface area (Å²) in [7, 11) is 0. The van der Waals surface area contributed by atoms with E-state index in [2.05, 4.69) is 85.1 Å². The second-order valence-corrected chi connectivity index (χ2v) is 7.10. The lowest BCUT2D eigenvalue weighted by atomic mass is 10.0. The maximum Gasteiger partial charge on any atom is 0.0636 e. The van der Waals surface area contributed by atoms with Crippen LogP contribution in [-0.4, -0.2) is 17.8 Å². The highest BCUT2D eigenvalue weighted by Crippen LogP contribution is 2.23. The van der Waals surface area contributed by atoms with Gasteiger partial charge >= 0.3 is 0 Å². The minimum atomic E-state index is -0.0324. The average molecular weight is 361 g/mol. The Kier molecular flexibility index (Phi) is 6.50. The van der Waals surface area contributed by atoms with Crippen LogP contribution in [0.3, 0.4) is 0 Å². The van der Waals surface area contributed by atoms with Crippen molar-refractivity contribution >= 4 is 11.4 Å². The Balaban J connectivity index is 1.66. The van der Waals surface area contributed by atoms with Gasteiger partial charge in [0.25, 0.3) is 0 Å². The average Bonchev–Trinajstić information content (AvgIpc) is 2.69. The van der Waals surface area contributed by atoms with E-state index in [-0.39, 0.29) is 12.6 Å².